The lowest BCUT2D eigenvalue weighted by atomic mass is 10.1. The Kier molecular flexibility index (Phi) is 6.90. The first-order valence-electron chi connectivity index (χ1n) is 9.12. The molecule has 0 aliphatic heterocycles. The number of methoxy groups -OCH3 is 2. The summed E-state index contributed by atoms with van der Waals surface area (Å²) in [5, 5.41) is 9.68. The third-order valence-corrected chi connectivity index (χ3v) is 5.36. The Hall–Kier alpha value is -2.31. The van der Waals surface area contributed by atoms with E-state index in [9.17, 15) is 0 Å². The minimum atomic E-state index is 0.252. The minimum absolute atomic E-state index is 0.252. The Morgan fingerprint density at radius 2 is 1.67 bits per heavy atom. The highest BCUT2D eigenvalue weighted by molar-refractivity contribution is 7.21. The Balaban J connectivity index is 1.82. The highest BCUT2D eigenvalue weighted by Gasteiger charge is 2.19. The topological polar surface area (TPSA) is 60.8 Å². The summed E-state index contributed by atoms with van der Waals surface area (Å²) in [6.45, 7) is 0.876. The van der Waals surface area contributed by atoms with E-state index in [1.165, 1.54) is 0 Å². The summed E-state index contributed by atoms with van der Waals surface area (Å²) >= 11 is 1.61. The normalized spacial score (nSPS) is 10.9. The standard InChI is InChI=1S/C21H25NO4S/c1-24-17-13-15(26-12-8-4-3-7-11-23)14-18(25-2)20(17)21-22-16-9-5-6-10-19(16)27-21/h5-6,9-10,13-14,23H,3-4,7-8,11-12H2,1-2H3. The summed E-state index contributed by atoms with van der Waals surface area (Å²) in [7, 11) is 3.29. The fourth-order valence-electron chi connectivity index (χ4n) is 2.92. The summed E-state index contributed by atoms with van der Waals surface area (Å²) in [5.41, 5.74) is 1.81. The predicted octanol–water partition coefficient (Wildman–Crippen LogP) is 4.91. The van der Waals surface area contributed by atoms with E-state index in [1.54, 1.807) is 25.6 Å². The van der Waals surface area contributed by atoms with Crippen LogP contribution in [-0.4, -0.2) is 37.5 Å². The third-order valence-electron chi connectivity index (χ3n) is 4.31. The van der Waals surface area contributed by atoms with Crippen LogP contribution in [0.3, 0.4) is 0 Å². The fourth-order valence-corrected chi connectivity index (χ4v) is 3.94. The molecule has 0 aliphatic rings. The van der Waals surface area contributed by atoms with Crippen molar-refractivity contribution >= 4 is 21.6 Å². The number of nitrogens with zero attached hydrogens (tertiary/aromatic N) is 1. The molecule has 3 aromatic rings. The molecule has 0 aliphatic carbocycles. The number of thiazole rings is 1. The molecule has 6 heteroatoms. The first-order chi connectivity index (χ1) is 13.3. The molecule has 0 unspecified atom stereocenters. The monoisotopic (exact) mass is 387 g/mol. The molecule has 144 valence electrons. The van der Waals surface area contributed by atoms with E-state index >= 15 is 0 Å². The van der Waals surface area contributed by atoms with Crippen molar-refractivity contribution in [3.8, 4) is 27.8 Å². The van der Waals surface area contributed by atoms with E-state index in [1.807, 2.05) is 30.3 Å². The molecule has 1 aromatic heterocycles. The number of aromatic nitrogens is 1. The quantitative estimate of drug-likeness (QED) is 0.501. The van der Waals surface area contributed by atoms with Gasteiger partial charge in [-0.2, -0.15) is 0 Å². The van der Waals surface area contributed by atoms with Crippen LogP contribution in [0.15, 0.2) is 36.4 Å². The second-order valence-corrected chi connectivity index (χ2v) is 7.21. The van der Waals surface area contributed by atoms with Crippen LogP contribution in [0.1, 0.15) is 25.7 Å². The molecule has 0 fully saturated rings. The van der Waals surface area contributed by atoms with Crippen molar-refractivity contribution in [2.45, 2.75) is 25.7 Å². The Labute approximate surface area is 163 Å². The van der Waals surface area contributed by atoms with Crippen molar-refractivity contribution in [2.24, 2.45) is 0 Å². The van der Waals surface area contributed by atoms with E-state index in [0.29, 0.717) is 18.1 Å². The van der Waals surface area contributed by atoms with Gasteiger partial charge in [0.2, 0.25) is 0 Å². The number of fused-ring (bicyclic) bond motifs is 1. The summed E-state index contributed by atoms with van der Waals surface area (Å²) < 4.78 is 18.2. The van der Waals surface area contributed by atoms with Crippen LogP contribution in [0.2, 0.25) is 0 Å². The van der Waals surface area contributed by atoms with Crippen LogP contribution < -0.4 is 14.2 Å². The van der Waals surface area contributed by atoms with Gasteiger partial charge in [0, 0.05) is 18.7 Å². The lowest BCUT2D eigenvalue weighted by Crippen LogP contribution is -2.00. The summed E-state index contributed by atoms with van der Waals surface area (Å²) in [6, 6.07) is 11.8. The molecule has 0 saturated carbocycles. The lowest BCUT2D eigenvalue weighted by molar-refractivity contribution is 0.272. The second kappa shape index (κ2) is 9.58. The maximum Gasteiger partial charge on any atom is 0.136 e. The first-order valence-corrected chi connectivity index (χ1v) is 9.94. The van der Waals surface area contributed by atoms with Gasteiger partial charge in [0.15, 0.2) is 0 Å². The van der Waals surface area contributed by atoms with Crippen molar-refractivity contribution < 1.29 is 19.3 Å². The molecular formula is C21H25NO4S. The number of aliphatic hydroxyl groups excluding tert-OH is 1. The van der Waals surface area contributed by atoms with Crippen LogP contribution in [0, 0.1) is 0 Å². The maximum absolute atomic E-state index is 8.82. The van der Waals surface area contributed by atoms with Crippen molar-refractivity contribution in [1.29, 1.82) is 0 Å². The van der Waals surface area contributed by atoms with Crippen LogP contribution >= 0.6 is 11.3 Å². The average Bonchev–Trinajstić information content (AvgIpc) is 3.13. The summed E-state index contributed by atoms with van der Waals surface area (Å²) in [5.74, 6) is 2.09. The largest absolute Gasteiger partial charge is 0.496 e. The minimum Gasteiger partial charge on any atom is -0.496 e. The molecule has 0 atom stereocenters. The maximum atomic E-state index is 8.82. The molecular weight excluding hydrogens is 362 g/mol. The summed E-state index contributed by atoms with van der Waals surface area (Å²) in [6.07, 6.45) is 3.85. The van der Waals surface area contributed by atoms with E-state index in [0.717, 1.165) is 52.2 Å². The van der Waals surface area contributed by atoms with Crippen LogP contribution in [0.5, 0.6) is 17.2 Å². The van der Waals surface area contributed by atoms with Crippen LogP contribution in [0.25, 0.3) is 20.8 Å². The smallest absolute Gasteiger partial charge is 0.136 e. The van der Waals surface area contributed by atoms with Gasteiger partial charge in [-0.3, -0.25) is 0 Å². The number of benzene rings is 2. The van der Waals surface area contributed by atoms with E-state index in [4.69, 9.17) is 24.3 Å². The average molecular weight is 388 g/mol. The van der Waals surface area contributed by atoms with Crippen LogP contribution in [0.4, 0.5) is 0 Å². The van der Waals surface area contributed by atoms with Gasteiger partial charge >= 0.3 is 0 Å². The predicted molar refractivity (Wildman–Crippen MR) is 109 cm³/mol. The van der Waals surface area contributed by atoms with Gasteiger partial charge in [-0.15, -0.1) is 11.3 Å². The Morgan fingerprint density at radius 1 is 0.963 bits per heavy atom. The number of aliphatic hydroxyl groups is 1. The molecule has 3 rings (SSSR count). The molecule has 0 bridgehead atoms. The van der Waals surface area contributed by atoms with Crippen molar-refractivity contribution in [1.82, 2.24) is 4.98 Å². The zero-order valence-corrected chi connectivity index (χ0v) is 16.6. The molecule has 2 aromatic carbocycles. The molecule has 0 saturated heterocycles. The molecule has 5 nitrogen and oxygen atoms in total. The fraction of sp³-hybridized carbons (Fsp3) is 0.381. The van der Waals surface area contributed by atoms with Gasteiger partial charge in [-0.1, -0.05) is 18.6 Å². The summed E-state index contributed by atoms with van der Waals surface area (Å²) in [4.78, 5) is 4.73. The SMILES string of the molecule is COc1cc(OCCCCCCO)cc(OC)c1-c1nc2ccccc2s1. The van der Waals surface area contributed by atoms with Gasteiger partial charge in [0.25, 0.3) is 0 Å². The number of para-hydroxylation sites is 1. The molecule has 1 N–H and O–H groups in total. The van der Waals surface area contributed by atoms with E-state index in [-0.39, 0.29) is 6.61 Å². The molecule has 0 spiro atoms. The van der Waals surface area contributed by atoms with E-state index in [2.05, 4.69) is 6.07 Å². The third kappa shape index (κ3) is 4.70. The van der Waals surface area contributed by atoms with Gasteiger partial charge < -0.3 is 19.3 Å². The highest BCUT2D eigenvalue weighted by Crippen LogP contribution is 2.44. The number of ether oxygens (including phenoxy) is 3. The van der Waals surface area contributed by atoms with E-state index < -0.39 is 0 Å². The number of hydrogen-bond acceptors (Lipinski definition) is 6. The molecule has 0 amide bonds. The number of unbranched alkanes of at least 4 members (excludes halogenated alkanes) is 3. The molecule has 0 radical (unpaired) electrons. The lowest BCUT2D eigenvalue weighted by Gasteiger charge is -2.14. The van der Waals surface area contributed by atoms with Gasteiger partial charge in [-0.05, 0) is 31.4 Å². The zero-order valence-electron chi connectivity index (χ0n) is 15.7. The van der Waals surface area contributed by atoms with Crippen molar-refractivity contribution in [2.75, 3.05) is 27.4 Å². The number of hydrogen-bond donors (Lipinski definition) is 1. The Bertz CT molecular complexity index is 819. The molecule has 27 heavy (non-hydrogen) atoms. The van der Waals surface area contributed by atoms with Crippen LogP contribution in [-0.2, 0) is 0 Å². The second-order valence-electron chi connectivity index (χ2n) is 6.18. The van der Waals surface area contributed by atoms with Crippen molar-refractivity contribution in [3.05, 3.63) is 36.4 Å². The molecule has 1 heterocycles. The Morgan fingerprint density at radius 3 is 2.33 bits per heavy atom. The van der Waals surface area contributed by atoms with Gasteiger partial charge in [0.1, 0.15) is 22.3 Å². The zero-order chi connectivity index (χ0) is 19.1. The first kappa shape index (κ1) is 19.5. The van der Waals surface area contributed by atoms with Gasteiger partial charge in [0.05, 0.1) is 36.6 Å². The van der Waals surface area contributed by atoms with Gasteiger partial charge in [-0.25, -0.2) is 4.98 Å². The van der Waals surface area contributed by atoms with Crippen molar-refractivity contribution in [3.63, 3.8) is 0 Å². The highest BCUT2D eigenvalue weighted by atomic mass is 32.1. The number of rotatable bonds is 10.